The molecule has 0 aromatic carbocycles. The molecule has 0 aliphatic rings. The van der Waals surface area contributed by atoms with Crippen molar-refractivity contribution in [2.24, 2.45) is 0 Å². The Morgan fingerprint density at radius 1 is 0.567 bits per heavy atom. The van der Waals surface area contributed by atoms with Gasteiger partial charge in [0.15, 0.2) is 0 Å². The molecule has 0 atom stereocenters. The van der Waals surface area contributed by atoms with Crippen LogP contribution in [-0.2, 0) is 19.1 Å². The average molecular weight is 427 g/mol. The highest BCUT2D eigenvalue weighted by Gasteiger charge is 2.14. The molecular weight excluding hydrogens is 376 g/mol. The third-order valence-electron chi connectivity index (χ3n) is 5.80. The number of carbonyl (C=O) groups excluding carboxylic acids is 2. The van der Waals surface area contributed by atoms with Gasteiger partial charge in [0.1, 0.15) is 6.10 Å². The molecule has 0 rings (SSSR count). The van der Waals surface area contributed by atoms with Crippen LogP contribution >= 0.6 is 0 Å². The molecule has 30 heavy (non-hydrogen) atoms. The summed E-state index contributed by atoms with van der Waals surface area (Å²) in [6, 6.07) is 0. The molecule has 0 saturated carbocycles. The first-order valence-electron chi connectivity index (χ1n) is 12.9. The Kier molecular flexibility index (Phi) is 21.8. The molecule has 178 valence electrons. The maximum absolute atomic E-state index is 12.3. The minimum atomic E-state index is -0.151. The van der Waals surface area contributed by atoms with Crippen LogP contribution in [0.5, 0.6) is 0 Å². The van der Waals surface area contributed by atoms with Gasteiger partial charge >= 0.3 is 11.9 Å². The molecule has 0 unspecified atom stereocenters. The topological polar surface area (TPSA) is 52.6 Å². The van der Waals surface area contributed by atoms with E-state index < -0.39 is 0 Å². The van der Waals surface area contributed by atoms with Gasteiger partial charge in [0.05, 0.1) is 7.11 Å². The number of rotatable bonds is 22. The van der Waals surface area contributed by atoms with E-state index in [1.54, 1.807) is 0 Å². The van der Waals surface area contributed by atoms with Gasteiger partial charge in [-0.25, -0.2) is 0 Å². The number of ether oxygens (including phenoxy) is 2. The normalized spacial score (nSPS) is 11.1. The Bertz CT molecular complexity index is 378. The lowest BCUT2D eigenvalue weighted by Crippen LogP contribution is -2.18. The van der Waals surface area contributed by atoms with Crippen LogP contribution in [0.4, 0.5) is 0 Å². The summed E-state index contributed by atoms with van der Waals surface area (Å²) in [5, 5.41) is 0. The second-order valence-electron chi connectivity index (χ2n) is 8.72. The predicted octanol–water partition coefficient (Wildman–Crippen LogP) is 7.91. The van der Waals surface area contributed by atoms with Crippen molar-refractivity contribution in [1.29, 1.82) is 0 Å². The second-order valence-corrected chi connectivity index (χ2v) is 8.72. The van der Waals surface area contributed by atoms with Gasteiger partial charge < -0.3 is 9.47 Å². The van der Waals surface area contributed by atoms with E-state index in [-0.39, 0.29) is 18.0 Å². The van der Waals surface area contributed by atoms with Gasteiger partial charge in [0.25, 0.3) is 0 Å². The van der Waals surface area contributed by atoms with Crippen molar-refractivity contribution in [1.82, 2.24) is 0 Å². The molecule has 0 aliphatic heterocycles. The summed E-state index contributed by atoms with van der Waals surface area (Å²) in [4.78, 5) is 23.4. The Balaban J connectivity index is 4.03. The fourth-order valence-corrected chi connectivity index (χ4v) is 3.81. The Labute approximate surface area is 186 Å². The molecule has 0 aromatic heterocycles. The van der Waals surface area contributed by atoms with E-state index in [0.29, 0.717) is 12.8 Å². The van der Waals surface area contributed by atoms with Gasteiger partial charge in [-0.3, -0.25) is 9.59 Å². The lowest BCUT2D eigenvalue weighted by Gasteiger charge is -2.18. The summed E-state index contributed by atoms with van der Waals surface area (Å²) in [7, 11) is 1.42. The van der Waals surface area contributed by atoms with E-state index in [4.69, 9.17) is 4.74 Å². The third-order valence-corrected chi connectivity index (χ3v) is 5.80. The Morgan fingerprint density at radius 3 is 1.43 bits per heavy atom. The highest BCUT2D eigenvalue weighted by molar-refractivity contribution is 5.69. The SMILES string of the molecule is CCCCCCCCC(CCCCCCCC)OC(=O)CCCCCCC(=O)OC. The quantitative estimate of drug-likeness (QED) is 0.130. The van der Waals surface area contributed by atoms with Gasteiger partial charge in [-0.05, 0) is 38.5 Å². The zero-order chi connectivity index (χ0) is 22.3. The highest BCUT2D eigenvalue weighted by Crippen LogP contribution is 2.18. The standard InChI is InChI=1S/C26H50O4/c1-4-6-8-10-12-16-20-24(21-17-13-11-9-7-5-2)30-26(28)23-19-15-14-18-22-25(27)29-3/h24H,4-23H2,1-3H3. The molecule has 0 N–H and O–H groups in total. The van der Waals surface area contributed by atoms with E-state index in [1.807, 2.05) is 0 Å². The van der Waals surface area contributed by atoms with Crippen molar-refractivity contribution in [2.75, 3.05) is 7.11 Å². The first-order valence-corrected chi connectivity index (χ1v) is 12.9. The van der Waals surface area contributed by atoms with Crippen LogP contribution < -0.4 is 0 Å². The van der Waals surface area contributed by atoms with Crippen molar-refractivity contribution >= 4 is 11.9 Å². The molecule has 0 heterocycles. The molecule has 4 heteroatoms. The third kappa shape index (κ3) is 20.2. The van der Waals surface area contributed by atoms with Crippen LogP contribution in [0, 0.1) is 0 Å². The monoisotopic (exact) mass is 426 g/mol. The minimum absolute atomic E-state index is 0.0371. The van der Waals surface area contributed by atoms with Gasteiger partial charge in [0, 0.05) is 12.8 Å². The van der Waals surface area contributed by atoms with E-state index >= 15 is 0 Å². The Morgan fingerprint density at radius 2 is 0.967 bits per heavy atom. The highest BCUT2D eigenvalue weighted by atomic mass is 16.5. The summed E-state index contributed by atoms with van der Waals surface area (Å²) in [5.74, 6) is -0.188. The second kappa shape index (κ2) is 22.6. The van der Waals surface area contributed by atoms with Crippen LogP contribution in [0.1, 0.15) is 142 Å². The van der Waals surface area contributed by atoms with Gasteiger partial charge in [-0.1, -0.05) is 90.9 Å². The van der Waals surface area contributed by atoms with Crippen molar-refractivity contribution in [3.05, 3.63) is 0 Å². The lowest BCUT2D eigenvalue weighted by atomic mass is 10.0. The fourth-order valence-electron chi connectivity index (χ4n) is 3.81. The van der Waals surface area contributed by atoms with Crippen LogP contribution in [0.15, 0.2) is 0 Å². The molecule has 0 aromatic rings. The number of esters is 2. The van der Waals surface area contributed by atoms with Crippen LogP contribution in [0.3, 0.4) is 0 Å². The van der Waals surface area contributed by atoms with Crippen molar-refractivity contribution in [2.45, 2.75) is 148 Å². The first-order chi connectivity index (χ1) is 14.6. The predicted molar refractivity (Wildman–Crippen MR) is 126 cm³/mol. The maximum atomic E-state index is 12.3. The van der Waals surface area contributed by atoms with Crippen molar-refractivity contribution < 1.29 is 19.1 Å². The van der Waals surface area contributed by atoms with Crippen LogP contribution in [0.25, 0.3) is 0 Å². The summed E-state index contributed by atoms with van der Waals surface area (Å²) >= 11 is 0. The summed E-state index contributed by atoms with van der Waals surface area (Å²) in [6.07, 6.45) is 22.1. The molecule has 0 bridgehead atoms. The van der Waals surface area contributed by atoms with Crippen LogP contribution in [0.2, 0.25) is 0 Å². The average Bonchev–Trinajstić information content (AvgIpc) is 2.74. The molecular formula is C26H50O4. The summed E-state index contributed by atoms with van der Waals surface area (Å²) in [6.45, 7) is 4.49. The number of hydrogen-bond donors (Lipinski definition) is 0. The summed E-state index contributed by atoms with van der Waals surface area (Å²) in [5.41, 5.74) is 0. The smallest absolute Gasteiger partial charge is 0.306 e. The molecule has 0 amide bonds. The first kappa shape index (κ1) is 28.9. The van der Waals surface area contributed by atoms with Crippen molar-refractivity contribution in [3.8, 4) is 0 Å². The number of unbranched alkanes of at least 4 members (excludes halogenated alkanes) is 13. The summed E-state index contributed by atoms with van der Waals surface area (Å²) < 4.78 is 10.5. The largest absolute Gasteiger partial charge is 0.469 e. The lowest BCUT2D eigenvalue weighted by molar-refractivity contribution is -0.150. The Hall–Kier alpha value is -1.06. The number of methoxy groups -OCH3 is 1. The van der Waals surface area contributed by atoms with Crippen molar-refractivity contribution in [3.63, 3.8) is 0 Å². The fraction of sp³-hybridized carbons (Fsp3) is 0.923. The zero-order valence-corrected chi connectivity index (χ0v) is 20.4. The van der Waals surface area contributed by atoms with Gasteiger partial charge in [-0.2, -0.15) is 0 Å². The molecule has 0 radical (unpaired) electrons. The van der Waals surface area contributed by atoms with Gasteiger partial charge in [0.2, 0.25) is 0 Å². The van der Waals surface area contributed by atoms with E-state index in [2.05, 4.69) is 18.6 Å². The molecule has 0 saturated heterocycles. The molecule has 4 nitrogen and oxygen atoms in total. The maximum Gasteiger partial charge on any atom is 0.306 e. The number of hydrogen-bond acceptors (Lipinski definition) is 4. The minimum Gasteiger partial charge on any atom is -0.469 e. The van der Waals surface area contributed by atoms with E-state index in [0.717, 1.165) is 38.5 Å². The van der Waals surface area contributed by atoms with E-state index in [1.165, 1.54) is 84.2 Å². The van der Waals surface area contributed by atoms with Crippen LogP contribution in [-0.4, -0.2) is 25.2 Å². The zero-order valence-electron chi connectivity index (χ0n) is 20.4. The van der Waals surface area contributed by atoms with Gasteiger partial charge in [-0.15, -0.1) is 0 Å². The van der Waals surface area contributed by atoms with E-state index in [9.17, 15) is 9.59 Å². The number of carbonyl (C=O) groups is 2. The molecule has 0 fully saturated rings. The molecule has 0 spiro atoms. The molecule has 0 aliphatic carbocycles.